The monoisotopic (exact) mass is 445 g/mol. The number of fused-ring (bicyclic) bond motifs is 1. The maximum Gasteiger partial charge on any atom is 0.160 e. The van der Waals surface area contributed by atoms with Crippen LogP contribution >= 0.6 is 11.6 Å². The fraction of sp³-hybridized carbons (Fsp3) is 0.269. The van der Waals surface area contributed by atoms with E-state index >= 15 is 0 Å². The number of benzene rings is 2. The van der Waals surface area contributed by atoms with Crippen LogP contribution in [0.15, 0.2) is 76.9 Å². The standard InChI is InChI=1S/C26H28ClN5/c1-4-28-24-17-20(29-26-23-8-6-5-7-22(23)25(27)30-31-26)14-13-19(24)12-9-18-10-15-21(16-11-18)32(2)3/h4-8,10-11,13-16,24H,9,12,17H2,1-3H3,(H,29,31). The summed E-state index contributed by atoms with van der Waals surface area (Å²) in [6.45, 7) is 1.97. The number of rotatable bonds is 7. The lowest BCUT2D eigenvalue weighted by atomic mass is 9.92. The molecule has 0 saturated carbocycles. The normalized spacial score (nSPS) is 16.2. The van der Waals surface area contributed by atoms with E-state index in [0.717, 1.165) is 35.7 Å². The highest BCUT2D eigenvalue weighted by molar-refractivity contribution is 6.34. The van der Waals surface area contributed by atoms with Crippen LogP contribution < -0.4 is 10.2 Å². The van der Waals surface area contributed by atoms with E-state index in [2.05, 4.69) is 70.9 Å². The fourth-order valence-electron chi connectivity index (χ4n) is 3.96. The molecule has 1 aliphatic rings. The summed E-state index contributed by atoms with van der Waals surface area (Å²) in [5.74, 6) is 0.716. The lowest BCUT2D eigenvalue weighted by Crippen LogP contribution is -2.18. The number of aliphatic imine (C=N–C) groups is 1. The lowest BCUT2D eigenvalue weighted by molar-refractivity contribution is 0.705. The molecule has 0 bridgehead atoms. The van der Waals surface area contributed by atoms with Crippen LogP contribution in [0.4, 0.5) is 11.5 Å². The highest BCUT2D eigenvalue weighted by Gasteiger charge is 2.19. The highest BCUT2D eigenvalue weighted by Crippen LogP contribution is 2.30. The Morgan fingerprint density at radius 2 is 1.78 bits per heavy atom. The maximum absolute atomic E-state index is 6.22. The van der Waals surface area contributed by atoms with E-state index in [9.17, 15) is 0 Å². The Kier molecular flexibility index (Phi) is 6.86. The minimum Gasteiger partial charge on any atom is -0.378 e. The molecule has 0 fully saturated rings. The van der Waals surface area contributed by atoms with Crippen molar-refractivity contribution in [3.05, 3.63) is 82.7 Å². The summed E-state index contributed by atoms with van der Waals surface area (Å²) in [4.78, 5) is 6.86. The molecule has 0 radical (unpaired) electrons. The Hall–Kier alpha value is -3.18. The minimum absolute atomic E-state index is 0.125. The zero-order chi connectivity index (χ0) is 22.5. The number of halogens is 1. The summed E-state index contributed by atoms with van der Waals surface area (Å²) in [7, 11) is 4.12. The largest absolute Gasteiger partial charge is 0.378 e. The van der Waals surface area contributed by atoms with Gasteiger partial charge in [-0.25, -0.2) is 0 Å². The van der Waals surface area contributed by atoms with Crippen LogP contribution in [-0.2, 0) is 6.42 Å². The third kappa shape index (κ3) is 5.00. The summed E-state index contributed by atoms with van der Waals surface area (Å²) < 4.78 is 0. The predicted molar refractivity (Wildman–Crippen MR) is 136 cm³/mol. The van der Waals surface area contributed by atoms with E-state index < -0.39 is 0 Å². The van der Waals surface area contributed by atoms with Crippen molar-refractivity contribution in [3.8, 4) is 0 Å². The number of hydrogen-bond donors (Lipinski definition) is 1. The van der Waals surface area contributed by atoms with Crippen molar-refractivity contribution >= 4 is 40.1 Å². The van der Waals surface area contributed by atoms with Gasteiger partial charge in [-0.2, -0.15) is 0 Å². The quantitative estimate of drug-likeness (QED) is 0.448. The van der Waals surface area contributed by atoms with Gasteiger partial charge in [-0.05, 0) is 55.3 Å². The van der Waals surface area contributed by atoms with Gasteiger partial charge in [0.2, 0.25) is 0 Å². The van der Waals surface area contributed by atoms with Crippen LogP contribution in [0.5, 0.6) is 0 Å². The second-order valence-electron chi connectivity index (χ2n) is 8.13. The Morgan fingerprint density at radius 1 is 1.03 bits per heavy atom. The number of hydrogen-bond acceptors (Lipinski definition) is 5. The van der Waals surface area contributed by atoms with Gasteiger partial charge in [0.25, 0.3) is 0 Å². The molecule has 164 valence electrons. The van der Waals surface area contributed by atoms with Crippen LogP contribution in [0.3, 0.4) is 0 Å². The van der Waals surface area contributed by atoms with Gasteiger partial charge in [-0.3, -0.25) is 4.99 Å². The van der Waals surface area contributed by atoms with Crippen molar-refractivity contribution in [3.63, 3.8) is 0 Å². The molecule has 3 aromatic rings. The van der Waals surface area contributed by atoms with Crippen molar-refractivity contribution in [1.82, 2.24) is 10.2 Å². The molecule has 6 heteroatoms. The average Bonchev–Trinajstić information content (AvgIpc) is 2.81. The number of anilines is 2. The molecular weight excluding hydrogens is 418 g/mol. The van der Waals surface area contributed by atoms with Crippen molar-refractivity contribution in [2.45, 2.75) is 32.2 Å². The third-order valence-corrected chi connectivity index (χ3v) is 6.02. The summed E-state index contributed by atoms with van der Waals surface area (Å²) in [5, 5.41) is 14.1. The molecule has 1 aliphatic carbocycles. The molecule has 1 heterocycles. The van der Waals surface area contributed by atoms with Gasteiger partial charge in [0.15, 0.2) is 11.0 Å². The van der Waals surface area contributed by atoms with Gasteiger partial charge in [-0.15, -0.1) is 10.2 Å². The summed E-state index contributed by atoms with van der Waals surface area (Å²) in [6.07, 6.45) is 9.01. The molecule has 1 unspecified atom stereocenters. The molecule has 1 atom stereocenters. The second kappa shape index (κ2) is 9.96. The Labute approximate surface area is 194 Å². The van der Waals surface area contributed by atoms with Crippen LogP contribution in [-0.4, -0.2) is 36.5 Å². The Bertz CT molecular complexity index is 1180. The fourth-order valence-corrected chi connectivity index (χ4v) is 4.16. The molecule has 0 aliphatic heterocycles. The van der Waals surface area contributed by atoms with Gasteiger partial charge in [0, 0.05) is 42.7 Å². The van der Waals surface area contributed by atoms with Crippen molar-refractivity contribution < 1.29 is 0 Å². The number of nitrogens with zero attached hydrogens (tertiary/aromatic N) is 4. The van der Waals surface area contributed by atoms with Crippen LogP contribution in [0.25, 0.3) is 10.8 Å². The van der Waals surface area contributed by atoms with Gasteiger partial charge in [0.1, 0.15) is 0 Å². The van der Waals surface area contributed by atoms with Crippen molar-refractivity contribution in [2.75, 3.05) is 24.3 Å². The first-order valence-corrected chi connectivity index (χ1v) is 11.2. The molecule has 0 saturated heterocycles. The van der Waals surface area contributed by atoms with Gasteiger partial charge >= 0.3 is 0 Å². The zero-order valence-corrected chi connectivity index (χ0v) is 19.5. The van der Waals surface area contributed by atoms with E-state index in [-0.39, 0.29) is 6.04 Å². The van der Waals surface area contributed by atoms with E-state index in [4.69, 9.17) is 16.6 Å². The van der Waals surface area contributed by atoms with E-state index in [1.807, 2.05) is 37.4 Å². The molecule has 2 aromatic carbocycles. The Morgan fingerprint density at radius 3 is 2.50 bits per heavy atom. The molecule has 4 rings (SSSR count). The molecule has 1 aromatic heterocycles. The number of nitrogens with one attached hydrogen (secondary N) is 1. The van der Waals surface area contributed by atoms with E-state index in [0.29, 0.717) is 11.0 Å². The van der Waals surface area contributed by atoms with Crippen molar-refractivity contribution in [1.29, 1.82) is 0 Å². The van der Waals surface area contributed by atoms with E-state index in [1.165, 1.54) is 16.8 Å². The highest BCUT2D eigenvalue weighted by atomic mass is 35.5. The van der Waals surface area contributed by atoms with Crippen molar-refractivity contribution in [2.24, 2.45) is 4.99 Å². The smallest absolute Gasteiger partial charge is 0.160 e. The van der Waals surface area contributed by atoms with Gasteiger partial charge in [0.05, 0.1) is 6.04 Å². The van der Waals surface area contributed by atoms with Gasteiger partial charge in [-0.1, -0.05) is 54.1 Å². The lowest BCUT2D eigenvalue weighted by Gasteiger charge is -2.23. The first-order chi connectivity index (χ1) is 15.5. The molecule has 5 nitrogen and oxygen atoms in total. The first-order valence-electron chi connectivity index (χ1n) is 10.9. The topological polar surface area (TPSA) is 53.4 Å². The molecule has 0 amide bonds. The maximum atomic E-state index is 6.22. The molecule has 1 N–H and O–H groups in total. The molecule has 0 spiro atoms. The summed E-state index contributed by atoms with van der Waals surface area (Å²) in [5.41, 5.74) is 4.97. The number of aromatic nitrogens is 2. The Balaban J connectivity index is 1.51. The summed E-state index contributed by atoms with van der Waals surface area (Å²) >= 11 is 6.22. The zero-order valence-electron chi connectivity index (χ0n) is 18.7. The SMILES string of the molecule is CC=NC1CC(Nc2nnc(Cl)c3ccccc23)=CC=C1CCc1ccc(N(C)C)cc1. The van der Waals surface area contributed by atoms with Crippen LogP contribution in [0.2, 0.25) is 5.15 Å². The van der Waals surface area contributed by atoms with E-state index in [1.54, 1.807) is 0 Å². The van der Waals surface area contributed by atoms with Gasteiger partial charge < -0.3 is 10.2 Å². The number of aryl methyl sites for hydroxylation is 1. The van der Waals surface area contributed by atoms with Crippen LogP contribution in [0, 0.1) is 0 Å². The average molecular weight is 446 g/mol. The van der Waals surface area contributed by atoms with Crippen LogP contribution in [0.1, 0.15) is 25.3 Å². The summed E-state index contributed by atoms with van der Waals surface area (Å²) in [6, 6.07) is 16.8. The third-order valence-electron chi connectivity index (χ3n) is 5.75. The first kappa shape index (κ1) is 22.0. The number of allylic oxidation sites excluding steroid dienone is 2. The minimum atomic E-state index is 0.125. The molecule has 32 heavy (non-hydrogen) atoms. The molecular formula is C26H28ClN5. The second-order valence-corrected chi connectivity index (χ2v) is 8.49. The predicted octanol–water partition coefficient (Wildman–Crippen LogP) is 6.07.